The number of carbonyl (C=O) groups excluding carboxylic acids is 4. The van der Waals surface area contributed by atoms with E-state index in [4.69, 9.17) is 0 Å². The zero-order valence-electron chi connectivity index (χ0n) is 26.7. The first-order valence-electron chi connectivity index (χ1n) is 15.5. The Kier molecular flexibility index (Phi) is 13.3. The standard InChI is InChI=1S/C33H48N4O6S/c1-22-29(44-21-35-22)24-16-14-23(15-17-24)19-34-31(41)26-18-25(38)20-37(26)32(42)30(33(2,3)4)36-27(39)12-10-8-6-7-9-11-13-28(40)43-5/h14-17,21,25-26,30,38H,6-13,18-20H2,1-5H3,(H,34,41)(H,36,39)/t25-,26+,30-/m1/s1. The van der Waals surface area contributed by atoms with Gasteiger partial charge in [0.25, 0.3) is 0 Å². The highest BCUT2D eigenvalue weighted by molar-refractivity contribution is 7.13. The molecule has 0 aliphatic carbocycles. The Morgan fingerprint density at radius 1 is 1.05 bits per heavy atom. The summed E-state index contributed by atoms with van der Waals surface area (Å²) in [6.45, 7) is 7.94. The molecule has 10 nitrogen and oxygen atoms in total. The number of likely N-dealkylation sites (tertiary alicyclic amines) is 1. The Labute approximate surface area is 265 Å². The fourth-order valence-corrected chi connectivity index (χ4v) is 6.19. The Hall–Kier alpha value is -3.31. The predicted octanol–water partition coefficient (Wildman–Crippen LogP) is 4.52. The van der Waals surface area contributed by atoms with Gasteiger partial charge in [-0.1, -0.05) is 70.7 Å². The van der Waals surface area contributed by atoms with E-state index in [9.17, 15) is 24.3 Å². The molecule has 242 valence electrons. The lowest BCUT2D eigenvalue weighted by Crippen LogP contribution is -2.57. The van der Waals surface area contributed by atoms with Gasteiger partial charge in [-0.15, -0.1) is 11.3 Å². The molecule has 1 aromatic heterocycles. The number of carbonyl (C=O) groups is 4. The lowest BCUT2D eigenvalue weighted by atomic mass is 9.85. The zero-order valence-corrected chi connectivity index (χ0v) is 27.5. The number of aryl methyl sites for hydroxylation is 1. The van der Waals surface area contributed by atoms with Crippen LogP contribution in [0.5, 0.6) is 0 Å². The second-order valence-corrected chi connectivity index (χ2v) is 13.5. The van der Waals surface area contributed by atoms with Crippen LogP contribution in [0.15, 0.2) is 29.8 Å². The van der Waals surface area contributed by atoms with E-state index in [1.807, 2.05) is 57.5 Å². The number of methoxy groups -OCH3 is 1. The van der Waals surface area contributed by atoms with Gasteiger partial charge in [0.2, 0.25) is 17.7 Å². The predicted molar refractivity (Wildman–Crippen MR) is 171 cm³/mol. The molecule has 1 saturated heterocycles. The van der Waals surface area contributed by atoms with Gasteiger partial charge in [-0.05, 0) is 36.3 Å². The van der Waals surface area contributed by atoms with E-state index in [2.05, 4.69) is 20.4 Å². The zero-order chi connectivity index (χ0) is 32.3. The van der Waals surface area contributed by atoms with Crippen LogP contribution >= 0.6 is 11.3 Å². The van der Waals surface area contributed by atoms with E-state index in [1.165, 1.54) is 12.0 Å². The number of amides is 3. The molecule has 0 radical (unpaired) electrons. The maximum absolute atomic E-state index is 13.8. The third kappa shape index (κ3) is 10.4. The maximum Gasteiger partial charge on any atom is 0.305 e. The van der Waals surface area contributed by atoms with Crippen molar-refractivity contribution in [3.05, 3.63) is 41.0 Å². The number of aromatic nitrogens is 1. The quantitative estimate of drug-likeness (QED) is 0.195. The van der Waals surface area contributed by atoms with Crippen molar-refractivity contribution >= 4 is 35.0 Å². The highest BCUT2D eigenvalue weighted by Crippen LogP contribution is 2.28. The van der Waals surface area contributed by atoms with Crippen molar-refractivity contribution in [2.75, 3.05) is 13.7 Å². The number of esters is 1. The van der Waals surface area contributed by atoms with Crippen LogP contribution in [0.3, 0.4) is 0 Å². The molecule has 3 N–H and O–H groups in total. The molecule has 0 unspecified atom stereocenters. The summed E-state index contributed by atoms with van der Waals surface area (Å²) in [7, 11) is 1.39. The molecule has 2 heterocycles. The van der Waals surface area contributed by atoms with Crippen LogP contribution in [0.25, 0.3) is 10.4 Å². The number of thiazole rings is 1. The minimum absolute atomic E-state index is 0.0399. The summed E-state index contributed by atoms with van der Waals surface area (Å²) in [4.78, 5) is 57.9. The number of aliphatic hydroxyl groups excluding tert-OH is 1. The lowest BCUT2D eigenvalue weighted by Gasteiger charge is -2.35. The third-order valence-corrected chi connectivity index (χ3v) is 8.95. The molecule has 1 aliphatic heterocycles. The SMILES string of the molecule is COC(=O)CCCCCCCCC(=O)N[C@H](C(=O)N1C[C@H](O)C[C@H]1C(=O)NCc1ccc(-c2scnc2C)cc1)C(C)(C)C. The molecule has 3 atom stereocenters. The van der Waals surface area contributed by atoms with Gasteiger partial charge in [-0.3, -0.25) is 19.2 Å². The van der Waals surface area contributed by atoms with Crippen LogP contribution in [-0.4, -0.2) is 70.5 Å². The Bertz CT molecular complexity index is 1260. The number of ether oxygens (including phenoxy) is 1. The van der Waals surface area contributed by atoms with Gasteiger partial charge in [-0.25, -0.2) is 4.98 Å². The first-order chi connectivity index (χ1) is 20.9. The third-order valence-electron chi connectivity index (χ3n) is 7.97. The van der Waals surface area contributed by atoms with Gasteiger partial charge < -0.3 is 25.4 Å². The van der Waals surface area contributed by atoms with Crippen LogP contribution in [0.4, 0.5) is 0 Å². The minimum atomic E-state index is -0.836. The molecule has 1 aromatic carbocycles. The van der Waals surface area contributed by atoms with Crippen molar-refractivity contribution in [2.24, 2.45) is 5.41 Å². The summed E-state index contributed by atoms with van der Waals surface area (Å²) < 4.78 is 4.65. The summed E-state index contributed by atoms with van der Waals surface area (Å²) >= 11 is 1.58. The van der Waals surface area contributed by atoms with Crippen molar-refractivity contribution < 1.29 is 29.0 Å². The van der Waals surface area contributed by atoms with Gasteiger partial charge in [0.15, 0.2) is 0 Å². The number of aliphatic hydroxyl groups is 1. The molecule has 44 heavy (non-hydrogen) atoms. The van der Waals surface area contributed by atoms with E-state index in [0.717, 1.165) is 53.8 Å². The molecule has 0 saturated carbocycles. The first-order valence-corrected chi connectivity index (χ1v) is 16.4. The van der Waals surface area contributed by atoms with Crippen LogP contribution in [-0.2, 0) is 30.5 Å². The topological polar surface area (TPSA) is 138 Å². The minimum Gasteiger partial charge on any atom is -0.469 e. The van der Waals surface area contributed by atoms with E-state index in [1.54, 1.807) is 11.3 Å². The van der Waals surface area contributed by atoms with Crippen molar-refractivity contribution in [3.63, 3.8) is 0 Å². The molecular formula is C33H48N4O6S. The lowest BCUT2D eigenvalue weighted by molar-refractivity contribution is -0.144. The number of hydrogen-bond acceptors (Lipinski definition) is 8. The summed E-state index contributed by atoms with van der Waals surface area (Å²) in [5, 5.41) is 16.3. The second-order valence-electron chi connectivity index (χ2n) is 12.6. The van der Waals surface area contributed by atoms with Gasteiger partial charge >= 0.3 is 5.97 Å². The van der Waals surface area contributed by atoms with E-state index in [0.29, 0.717) is 25.8 Å². The average Bonchev–Trinajstić information content (AvgIpc) is 3.60. The fraction of sp³-hybridized carbons (Fsp3) is 0.606. The summed E-state index contributed by atoms with van der Waals surface area (Å²) in [6.07, 6.45) is 5.34. The number of hydrogen-bond donors (Lipinski definition) is 3. The Morgan fingerprint density at radius 3 is 2.27 bits per heavy atom. The van der Waals surface area contributed by atoms with Gasteiger partial charge in [0, 0.05) is 32.4 Å². The van der Waals surface area contributed by atoms with E-state index in [-0.39, 0.29) is 36.7 Å². The van der Waals surface area contributed by atoms with Gasteiger partial charge in [-0.2, -0.15) is 0 Å². The molecule has 1 aliphatic rings. The molecule has 2 aromatic rings. The van der Waals surface area contributed by atoms with Gasteiger partial charge in [0.1, 0.15) is 12.1 Å². The summed E-state index contributed by atoms with van der Waals surface area (Å²) in [5.74, 6) is -1.09. The van der Waals surface area contributed by atoms with E-state index >= 15 is 0 Å². The Balaban J connectivity index is 1.51. The molecule has 1 fully saturated rings. The van der Waals surface area contributed by atoms with Gasteiger partial charge in [0.05, 0.1) is 29.3 Å². The van der Waals surface area contributed by atoms with Crippen LogP contribution in [0.2, 0.25) is 0 Å². The average molecular weight is 629 g/mol. The highest BCUT2D eigenvalue weighted by Gasteiger charge is 2.44. The first kappa shape index (κ1) is 35.2. The van der Waals surface area contributed by atoms with Crippen molar-refractivity contribution in [1.29, 1.82) is 0 Å². The molecule has 0 bridgehead atoms. The summed E-state index contributed by atoms with van der Waals surface area (Å²) in [6, 6.07) is 6.26. The maximum atomic E-state index is 13.8. The number of nitrogens with zero attached hydrogens (tertiary/aromatic N) is 2. The monoisotopic (exact) mass is 628 g/mol. The van der Waals surface area contributed by atoms with Crippen molar-refractivity contribution in [3.8, 4) is 10.4 Å². The van der Waals surface area contributed by atoms with Crippen LogP contribution in [0.1, 0.15) is 89.8 Å². The van der Waals surface area contributed by atoms with Crippen LogP contribution < -0.4 is 10.6 Å². The molecule has 0 spiro atoms. The summed E-state index contributed by atoms with van der Waals surface area (Å²) in [5.41, 5.74) is 4.18. The molecule has 3 rings (SSSR count). The molecular weight excluding hydrogens is 580 g/mol. The largest absolute Gasteiger partial charge is 0.469 e. The highest BCUT2D eigenvalue weighted by atomic mass is 32.1. The number of unbranched alkanes of at least 4 members (excludes halogenated alkanes) is 5. The van der Waals surface area contributed by atoms with E-state index < -0.39 is 23.6 Å². The molecule has 11 heteroatoms. The second kappa shape index (κ2) is 16.7. The number of rotatable bonds is 15. The normalized spacial score (nSPS) is 17.3. The fourth-order valence-electron chi connectivity index (χ4n) is 5.38. The van der Waals surface area contributed by atoms with Crippen molar-refractivity contribution in [1.82, 2.24) is 20.5 Å². The number of nitrogens with one attached hydrogen (secondary N) is 2. The smallest absolute Gasteiger partial charge is 0.305 e. The van der Waals surface area contributed by atoms with Crippen molar-refractivity contribution in [2.45, 2.75) is 110 Å². The number of β-amino-alcohol motifs (C(OH)–C–C–N with tert-alkyl or cyclic N) is 1. The van der Waals surface area contributed by atoms with Crippen LogP contribution in [0, 0.1) is 12.3 Å². The number of benzene rings is 1. The Morgan fingerprint density at radius 2 is 1.68 bits per heavy atom. The molecule has 3 amide bonds.